The molecule has 0 radical (unpaired) electrons. The number of imidazole rings is 1. The summed E-state index contributed by atoms with van der Waals surface area (Å²) in [4.78, 5) is 7.30. The van der Waals surface area contributed by atoms with E-state index in [0.717, 1.165) is 11.8 Å². The summed E-state index contributed by atoms with van der Waals surface area (Å²) >= 11 is 0. The number of anilines is 1. The Kier molecular flexibility index (Phi) is 3.27. The molecule has 0 amide bonds. The Balaban J connectivity index is 1.87. The van der Waals surface area contributed by atoms with Crippen molar-refractivity contribution in [3.8, 4) is 16.8 Å². The predicted octanol–water partition coefficient (Wildman–Crippen LogP) is 5.41. The summed E-state index contributed by atoms with van der Waals surface area (Å²) < 4.78 is 46.7. The molecule has 4 nitrogen and oxygen atoms in total. The smallest absolute Gasteiger partial charge is 0.160 e. The van der Waals surface area contributed by atoms with Crippen LogP contribution in [0.4, 0.5) is 18.9 Å². The van der Waals surface area contributed by atoms with E-state index in [2.05, 4.69) is 15.3 Å². The third kappa shape index (κ3) is 2.16. The summed E-state index contributed by atoms with van der Waals surface area (Å²) in [5, 5.41) is 3.71. The van der Waals surface area contributed by atoms with Gasteiger partial charge in [-0.05, 0) is 50.6 Å². The Morgan fingerprint density at radius 3 is 2.68 bits per heavy atom. The zero-order valence-corrected chi connectivity index (χ0v) is 15.5. The van der Waals surface area contributed by atoms with E-state index in [1.807, 2.05) is 20.8 Å². The molecule has 5 rings (SSSR count). The van der Waals surface area contributed by atoms with Gasteiger partial charge in [0.1, 0.15) is 23.1 Å². The molecule has 0 aliphatic carbocycles. The second-order valence-electron chi connectivity index (χ2n) is 7.64. The molecular weight excluding hydrogens is 365 g/mol. The van der Waals surface area contributed by atoms with Gasteiger partial charge in [-0.1, -0.05) is 0 Å². The number of halogens is 3. The summed E-state index contributed by atoms with van der Waals surface area (Å²) in [5.41, 5.74) is 1.03. The molecule has 0 bridgehead atoms. The van der Waals surface area contributed by atoms with Crippen LogP contribution in [0.2, 0.25) is 0 Å². The highest BCUT2D eigenvalue weighted by molar-refractivity contribution is 5.96. The number of fused-ring (bicyclic) bond motifs is 4. The van der Waals surface area contributed by atoms with E-state index < -0.39 is 23.0 Å². The Morgan fingerprint density at radius 1 is 1.11 bits per heavy atom. The van der Waals surface area contributed by atoms with Crippen LogP contribution < -0.4 is 5.32 Å². The summed E-state index contributed by atoms with van der Waals surface area (Å²) in [5.74, 6) is -1.46. The highest BCUT2D eigenvalue weighted by Crippen LogP contribution is 2.43. The number of nitrogens with zero attached hydrogens (tertiary/aromatic N) is 2. The lowest BCUT2D eigenvalue weighted by molar-refractivity contribution is 0.518. The normalized spacial score (nSPS) is 14.6. The number of hydrogen-bond acceptors (Lipinski definition) is 2. The SMILES string of the molecule is Cc1cnc2n1-c1c(cc(F)c(-c3cc(F)cc4[nH]ccc34)c1F)NC2(C)C. The fourth-order valence-electron chi connectivity index (χ4n) is 4.06. The van der Waals surface area contributed by atoms with Crippen molar-refractivity contribution in [3.05, 3.63) is 65.6 Å². The third-order valence-corrected chi connectivity index (χ3v) is 5.26. The average molecular weight is 382 g/mol. The van der Waals surface area contributed by atoms with Crippen LogP contribution in [0, 0.1) is 24.4 Å². The minimum Gasteiger partial charge on any atom is -0.371 e. The van der Waals surface area contributed by atoms with Gasteiger partial charge in [0.2, 0.25) is 0 Å². The molecule has 2 N–H and O–H groups in total. The van der Waals surface area contributed by atoms with E-state index in [1.165, 1.54) is 12.1 Å². The minimum absolute atomic E-state index is 0.165. The number of aryl methyl sites for hydroxylation is 1. The first-order chi connectivity index (χ1) is 13.3. The average Bonchev–Trinajstić information content (AvgIpc) is 3.21. The lowest BCUT2D eigenvalue weighted by Crippen LogP contribution is -2.36. The first-order valence-corrected chi connectivity index (χ1v) is 8.90. The molecule has 3 heterocycles. The Labute approximate surface area is 159 Å². The van der Waals surface area contributed by atoms with Crippen LogP contribution in [0.15, 0.2) is 36.7 Å². The molecule has 1 aliphatic heterocycles. The first-order valence-electron chi connectivity index (χ1n) is 8.90. The van der Waals surface area contributed by atoms with Gasteiger partial charge in [-0.3, -0.25) is 4.57 Å². The van der Waals surface area contributed by atoms with Gasteiger partial charge in [0.05, 0.1) is 16.8 Å². The zero-order chi connectivity index (χ0) is 19.8. The van der Waals surface area contributed by atoms with Crippen molar-refractivity contribution in [2.45, 2.75) is 26.3 Å². The standard InChI is InChI=1S/C21H17F3N4/c1-10-9-26-20-21(2,3)27-16-8-14(23)17(18(24)19(16)28(10)20)13-6-11(22)7-15-12(13)4-5-25-15/h4-9,25,27H,1-3H3. The Hall–Kier alpha value is -3.22. The number of nitrogens with one attached hydrogen (secondary N) is 2. The highest BCUT2D eigenvalue weighted by Gasteiger charge is 2.36. The van der Waals surface area contributed by atoms with Gasteiger partial charge in [-0.25, -0.2) is 18.2 Å². The van der Waals surface area contributed by atoms with E-state index >= 15 is 8.78 Å². The second kappa shape index (κ2) is 5.41. The maximum absolute atomic E-state index is 15.8. The second-order valence-corrected chi connectivity index (χ2v) is 7.64. The first kappa shape index (κ1) is 16.9. The maximum atomic E-state index is 15.8. The number of rotatable bonds is 1. The molecule has 4 aromatic rings. The molecule has 0 unspecified atom stereocenters. The van der Waals surface area contributed by atoms with E-state index in [0.29, 0.717) is 22.4 Å². The maximum Gasteiger partial charge on any atom is 0.160 e. The largest absolute Gasteiger partial charge is 0.371 e. The molecule has 28 heavy (non-hydrogen) atoms. The lowest BCUT2D eigenvalue weighted by Gasteiger charge is -2.35. The van der Waals surface area contributed by atoms with Crippen LogP contribution in [0.5, 0.6) is 0 Å². The van der Waals surface area contributed by atoms with E-state index in [9.17, 15) is 4.39 Å². The minimum atomic E-state index is -0.756. The van der Waals surface area contributed by atoms with Gasteiger partial charge in [-0.15, -0.1) is 0 Å². The van der Waals surface area contributed by atoms with E-state index in [4.69, 9.17) is 0 Å². The van der Waals surface area contributed by atoms with Crippen LogP contribution in [-0.2, 0) is 5.54 Å². The predicted molar refractivity (Wildman–Crippen MR) is 102 cm³/mol. The fourth-order valence-corrected chi connectivity index (χ4v) is 4.06. The van der Waals surface area contributed by atoms with Crippen molar-refractivity contribution in [1.29, 1.82) is 0 Å². The molecular formula is C21H17F3N4. The Morgan fingerprint density at radius 2 is 1.89 bits per heavy atom. The lowest BCUT2D eigenvalue weighted by atomic mass is 9.95. The number of aromatic nitrogens is 3. The molecule has 0 saturated carbocycles. The highest BCUT2D eigenvalue weighted by atomic mass is 19.1. The van der Waals surface area contributed by atoms with Gasteiger partial charge in [0.25, 0.3) is 0 Å². The van der Waals surface area contributed by atoms with E-state index in [-0.39, 0.29) is 16.8 Å². The quantitative estimate of drug-likeness (QED) is 0.463. The summed E-state index contributed by atoms with van der Waals surface area (Å²) in [7, 11) is 0. The van der Waals surface area contributed by atoms with E-state index in [1.54, 1.807) is 23.0 Å². The number of aromatic amines is 1. The van der Waals surface area contributed by atoms with Gasteiger partial charge in [0.15, 0.2) is 5.82 Å². The summed E-state index contributed by atoms with van der Waals surface area (Å²) in [6.07, 6.45) is 3.27. The molecule has 0 fully saturated rings. The summed E-state index contributed by atoms with van der Waals surface area (Å²) in [6.45, 7) is 5.61. The van der Waals surface area contributed by atoms with Crippen LogP contribution in [0.1, 0.15) is 25.4 Å². The molecule has 0 atom stereocenters. The molecule has 0 spiro atoms. The van der Waals surface area contributed by atoms with Crippen molar-refractivity contribution in [2.75, 3.05) is 5.32 Å². The van der Waals surface area contributed by atoms with Crippen molar-refractivity contribution >= 4 is 16.6 Å². The van der Waals surface area contributed by atoms with Crippen LogP contribution >= 0.6 is 0 Å². The molecule has 142 valence electrons. The molecule has 2 aromatic heterocycles. The van der Waals surface area contributed by atoms with Crippen LogP contribution in [0.3, 0.4) is 0 Å². The molecule has 7 heteroatoms. The topological polar surface area (TPSA) is 45.6 Å². The molecule has 2 aromatic carbocycles. The van der Waals surface area contributed by atoms with Gasteiger partial charge < -0.3 is 10.3 Å². The van der Waals surface area contributed by atoms with Gasteiger partial charge in [-0.2, -0.15) is 0 Å². The van der Waals surface area contributed by atoms with Crippen molar-refractivity contribution in [1.82, 2.24) is 14.5 Å². The van der Waals surface area contributed by atoms with Crippen molar-refractivity contribution in [2.24, 2.45) is 0 Å². The zero-order valence-electron chi connectivity index (χ0n) is 15.5. The van der Waals surface area contributed by atoms with Crippen molar-refractivity contribution < 1.29 is 13.2 Å². The third-order valence-electron chi connectivity index (χ3n) is 5.26. The van der Waals surface area contributed by atoms with Crippen molar-refractivity contribution in [3.63, 3.8) is 0 Å². The fraction of sp³-hybridized carbons (Fsp3) is 0.190. The number of benzene rings is 2. The van der Waals surface area contributed by atoms with Crippen LogP contribution in [-0.4, -0.2) is 14.5 Å². The Bertz CT molecular complexity index is 1270. The number of H-pyrrole nitrogens is 1. The molecule has 1 aliphatic rings. The van der Waals surface area contributed by atoms with Gasteiger partial charge in [0, 0.05) is 29.0 Å². The van der Waals surface area contributed by atoms with Crippen LogP contribution in [0.25, 0.3) is 27.7 Å². The van der Waals surface area contributed by atoms with Gasteiger partial charge >= 0.3 is 0 Å². The molecule has 0 saturated heterocycles. The summed E-state index contributed by atoms with van der Waals surface area (Å²) in [6, 6.07) is 5.40. The number of hydrogen-bond donors (Lipinski definition) is 2. The monoisotopic (exact) mass is 382 g/mol.